The molecule has 1 heterocycles. The van der Waals surface area contributed by atoms with E-state index >= 15 is 0 Å². The van der Waals surface area contributed by atoms with Crippen LogP contribution in [0.25, 0.3) is 0 Å². The summed E-state index contributed by atoms with van der Waals surface area (Å²) < 4.78 is 16.2. The van der Waals surface area contributed by atoms with Crippen LogP contribution in [0.1, 0.15) is 29.8 Å². The lowest BCUT2D eigenvalue weighted by atomic mass is 10.0. The van der Waals surface area contributed by atoms with E-state index in [1.807, 2.05) is 12.4 Å². The molecule has 3 rings (SSSR count). The van der Waals surface area contributed by atoms with E-state index in [1.165, 1.54) is 30.3 Å². The molecule has 4 heteroatoms. The third-order valence-corrected chi connectivity index (χ3v) is 4.37. The molecule has 0 N–H and O–H groups in total. The van der Waals surface area contributed by atoms with E-state index in [-0.39, 0.29) is 5.82 Å². The number of aromatic nitrogens is 2. The van der Waals surface area contributed by atoms with Gasteiger partial charge in [0.05, 0.1) is 16.5 Å². The van der Waals surface area contributed by atoms with Gasteiger partial charge in [-0.2, -0.15) is 0 Å². The van der Waals surface area contributed by atoms with Crippen LogP contribution in [0.3, 0.4) is 0 Å². The highest BCUT2D eigenvalue weighted by Gasteiger charge is 2.16. The molecular formula is C14H14BrFN2. The fourth-order valence-electron chi connectivity index (χ4n) is 2.52. The quantitative estimate of drug-likeness (QED) is 0.827. The molecule has 0 fully saturated rings. The molecule has 0 bridgehead atoms. The van der Waals surface area contributed by atoms with Crippen molar-refractivity contribution in [2.24, 2.45) is 0 Å². The second-order valence-corrected chi connectivity index (χ2v) is 5.48. The average Bonchev–Trinajstić information content (AvgIpc) is 2.79. The van der Waals surface area contributed by atoms with E-state index in [0.29, 0.717) is 11.0 Å². The predicted octanol–water partition coefficient (Wildman–Crippen LogP) is 3.71. The Morgan fingerprint density at radius 2 is 2.11 bits per heavy atom. The largest absolute Gasteiger partial charge is 0.330 e. The van der Waals surface area contributed by atoms with Gasteiger partial charge >= 0.3 is 0 Å². The summed E-state index contributed by atoms with van der Waals surface area (Å²) in [5, 5.41) is 0. The first-order chi connectivity index (χ1) is 8.75. The van der Waals surface area contributed by atoms with E-state index in [0.717, 1.165) is 18.4 Å². The number of fused-ring (bicyclic) bond motifs is 1. The lowest BCUT2D eigenvalue weighted by Gasteiger charge is -2.14. The second kappa shape index (κ2) is 4.84. The SMILES string of the molecule is Fc1cccc(Cn2cnc3c2CCCC3)c1Br. The topological polar surface area (TPSA) is 17.8 Å². The molecular weight excluding hydrogens is 295 g/mol. The molecule has 0 radical (unpaired) electrons. The number of benzene rings is 1. The first-order valence-electron chi connectivity index (χ1n) is 6.21. The number of halogens is 2. The summed E-state index contributed by atoms with van der Waals surface area (Å²) in [4.78, 5) is 4.46. The Morgan fingerprint density at radius 1 is 1.28 bits per heavy atom. The van der Waals surface area contributed by atoms with Crippen LogP contribution in [-0.4, -0.2) is 9.55 Å². The zero-order valence-electron chi connectivity index (χ0n) is 10.00. The zero-order valence-corrected chi connectivity index (χ0v) is 11.6. The minimum atomic E-state index is -0.207. The Bertz CT molecular complexity index is 577. The molecule has 0 atom stereocenters. The van der Waals surface area contributed by atoms with Gasteiger partial charge in [0.1, 0.15) is 5.82 Å². The van der Waals surface area contributed by atoms with Crippen LogP contribution in [0.15, 0.2) is 29.0 Å². The van der Waals surface area contributed by atoms with Crippen molar-refractivity contribution in [1.82, 2.24) is 9.55 Å². The fourth-order valence-corrected chi connectivity index (χ4v) is 2.91. The third-order valence-electron chi connectivity index (χ3n) is 3.48. The summed E-state index contributed by atoms with van der Waals surface area (Å²) in [6.45, 7) is 0.681. The van der Waals surface area contributed by atoms with E-state index < -0.39 is 0 Å². The van der Waals surface area contributed by atoms with Gasteiger partial charge in [0.2, 0.25) is 0 Å². The number of nitrogens with zero attached hydrogens (tertiary/aromatic N) is 2. The van der Waals surface area contributed by atoms with Crippen LogP contribution in [0, 0.1) is 5.82 Å². The highest BCUT2D eigenvalue weighted by atomic mass is 79.9. The number of rotatable bonds is 2. The van der Waals surface area contributed by atoms with Crippen molar-refractivity contribution in [3.8, 4) is 0 Å². The van der Waals surface area contributed by atoms with Gasteiger partial charge < -0.3 is 4.57 Å². The minimum Gasteiger partial charge on any atom is -0.330 e. The maximum atomic E-state index is 13.5. The first-order valence-corrected chi connectivity index (χ1v) is 7.01. The van der Waals surface area contributed by atoms with E-state index in [2.05, 4.69) is 25.5 Å². The van der Waals surface area contributed by atoms with Crippen LogP contribution < -0.4 is 0 Å². The molecule has 2 aromatic rings. The summed E-state index contributed by atoms with van der Waals surface area (Å²) in [7, 11) is 0. The van der Waals surface area contributed by atoms with Gasteiger partial charge in [-0.15, -0.1) is 0 Å². The van der Waals surface area contributed by atoms with Gasteiger partial charge in [-0.05, 0) is 53.2 Å². The Hall–Kier alpha value is -1.16. The summed E-state index contributed by atoms with van der Waals surface area (Å²) in [5.41, 5.74) is 3.49. The highest BCUT2D eigenvalue weighted by molar-refractivity contribution is 9.10. The maximum absolute atomic E-state index is 13.5. The summed E-state index contributed by atoms with van der Waals surface area (Å²) in [6.07, 6.45) is 6.50. The molecule has 1 aromatic carbocycles. The van der Waals surface area contributed by atoms with Crippen LogP contribution in [-0.2, 0) is 19.4 Å². The highest BCUT2D eigenvalue weighted by Crippen LogP contribution is 2.24. The normalized spacial score (nSPS) is 14.6. The number of hydrogen-bond donors (Lipinski definition) is 0. The van der Waals surface area contributed by atoms with Crippen LogP contribution in [0.5, 0.6) is 0 Å². The van der Waals surface area contributed by atoms with Crippen molar-refractivity contribution in [1.29, 1.82) is 0 Å². The van der Waals surface area contributed by atoms with E-state index in [1.54, 1.807) is 6.07 Å². The van der Waals surface area contributed by atoms with Gasteiger partial charge in [-0.1, -0.05) is 12.1 Å². The van der Waals surface area contributed by atoms with Gasteiger partial charge in [-0.25, -0.2) is 9.37 Å². The van der Waals surface area contributed by atoms with Gasteiger partial charge in [0, 0.05) is 12.2 Å². The number of hydrogen-bond acceptors (Lipinski definition) is 1. The first kappa shape index (κ1) is 11.9. The van der Waals surface area contributed by atoms with Crippen molar-refractivity contribution < 1.29 is 4.39 Å². The smallest absolute Gasteiger partial charge is 0.137 e. The minimum absolute atomic E-state index is 0.207. The Balaban J connectivity index is 1.93. The molecule has 0 aliphatic heterocycles. The number of aryl methyl sites for hydroxylation is 1. The van der Waals surface area contributed by atoms with Gasteiger partial charge in [0.15, 0.2) is 0 Å². The van der Waals surface area contributed by atoms with Crippen LogP contribution in [0.2, 0.25) is 0 Å². The Morgan fingerprint density at radius 3 is 3.00 bits per heavy atom. The van der Waals surface area contributed by atoms with E-state index in [9.17, 15) is 4.39 Å². The molecule has 1 aromatic heterocycles. The molecule has 2 nitrogen and oxygen atoms in total. The van der Waals surface area contributed by atoms with Crippen molar-refractivity contribution in [3.05, 3.63) is 51.8 Å². The van der Waals surface area contributed by atoms with Gasteiger partial charge in [-0.3, -0.25) is 0 Å². The van der Waals surface area contributed by atoms with Crippen LogP contribution in [0.4, 0.5) is 4.39 Å². The third kappa shape index (κ3) is 2.09. The molecule has 0 spiro atoms. The Kier molecular flexibility index (Phi) is 3.20. The van der Waals surface area contributed by atoms with Crippen molar-refractivity contribution in [3.63, 3.8) is 0 Å². The van der Waals surface area contributed by atoms with Crippen molar-refractivity contribution in [2.45, 2.75) is 32.2 Å². The average molecular weight is 309 g/mol. The van der Waals surface area contributed by atoms with Crippen molar-refractivity contribution in [2.75, 3.05) is 0 Å². The standard InChI is InChI=1S/C14H14BrFN2/c15-14-10(4-3-5-11(14)16)8-18-9-17-12-6-1-2-7-13(12)18/h3-5,9H,1-2,6-8H2. The zero-order chi connectivity index (χ0) is 12.5. The second-order valence-electron chi connectivity index (χ2n) is 4.69. The van der Waals surface area contributed by atoms with E-state index in [4.69, 9.17) is 0 Å². The van der Waals surface area contributed by atoms with Crippen LogP contribution >= 0.6 is 15.9 Å². The maximum Gasteiger partial charge on any atom is 0.137 e. The molecule has 94 valence electrons. The van der Waals surface area contributed by atoms with Gasteiger partial charge in [0.25, 0.3) is 0 Å². The predicted molar refractivity (Wildman–Crippen MR) is 72.1 cm³/mol. The monoisotopic (exact) mass is 308 g/mol. The molecule has 18 heavy (non-hydrogen) atoms. The Labute approximate surface area is 114 Å². The summed E-state index contributed by atoms with van der Waals surface area (Å²) in [5.74, 6) is -0.207. The molecule has 1 aliphatic rings. The molecule has 0 amide bonds. The molecule has 0 saturated carbocycles. The number of imidazole rings is 1. The summed E-state index contributed by atoms with van der Waals surface area (Å²) in [6, 6.07) is 5.16. The lowest BCUT2D eigenvalue weighted by molar-refractivity contribution is 0.608. The fraction of sp³-hybridized carbons (Fsp3) is 0.357. The summed E-state index contributed by atoms with van der Waals surface area (Å²) >= 11 is 3.31. The lowest BCUT2D eigenvalue weighted by Crippen LogP contribution is -2.09. The van der Waals surface area contributed by atoms with Crippen molar-refractivity contribution >= 4 is 15.9 Å². The molecule has 0 saturated heterocycles. The molecule has 1 aliphatic carbocycles. The molecule has 0 unspecified atom stereocenters.